The fourth-order valence-electron chi connectivity index (χ4n) is 3.15. The summed E-state index contributed by atoms with van der Waals surface area (Å²) in [5, 5.41) is 6.78. The van der Waals surface area contributed by atoms with E-state index in [0.717, 1.165) is 56.7 Å². The molecule has 1 saturated heterocycles. The van der Waals surface area contributed by atoms with Crippen molar-refractivity contribution in [3.8, 4) is 0 Å². The maximum atomic E-state index is 12.8. The Morgan fingerprint density at radius 3 is 2.67 bits per heavy atom. The van der Waals surface area contributed by atoms with Crippen LogP contribution in [0.15, 0.2) is 29.3 Å². The number of rotatable bonds is 7. The number of nitrogens with zero attached hydrogens (tertiary/aromatic N) is 2. The molecule has 4 nitrogen and oxygen atoms in total. The standard InChI is InChI=1S/C19H29F3N4S/c1-23-18(24-9-4-12-27-2)25-17-7-10-26(11-8-17)14-15-5-3-6-16(13-15)19(20,21)22/h3,5-6,13,17H,4,7-12,14H2,1-2H3,(H2,23,24,25). The number of thioether (sulfide) groups is 1. The highest BCUT2D eigenvalue weighted by Gasteiger charge is 2.30. The number of hydrogen-bond donors (Lipinski definition) is 2. The van der Waals surface area contributed by atoms with Gasteiger partial charge in [-0.25, -0.2) is 0 Å². The molecule has 1 aliphatic rings. The summed E-state index contributed by atoms with van der Waals surface area (Å²) in [7, 11) is 1.77. The lowest BCUT2D eigenvalue weighted by Crippen LogP contribution is -2.48. The van der Waals surface area contributed by atoms with Crippen molar-refractivity contribution in [2.75, 3.05) is 38.7 Å². The Labute approximate surface area is 164 Å². The predicted octanol–water partition coefficient (Wildman–Crippen LogP) is 3.59. The average molecular weight is 403 g/mol. The van der Waals surface area contributed by atoms with E-state index < -0.39 is 11.7 Å². The first kappa shape index (κ1) is 21.9. The number of guanidine groups is 1. The normalized spacial score (nSPS) is 17.1. The van der Waals surface area contributed by atoms with Crippen LogP contribution in [0.5, 0.6) is 0 Å². The highest BCUT2D eigenvalue weighted by molar-refractivity contribution is 7.98. The lowest BCUT2D eigenvalue weighted by molar-refractivity contribution is -0.137. The Morgan fingerprint density at radius 2 is 2.04 bits per heavy atom. The van der Waals surface area contributed by atoms with Crippen molar-refractivity contribution >= 4 is 17.7 Å². The second-order valence-corrected chi connectivity index (χ2v) is 7.72. The Hall–Kier alpha value is -1.41. The van der Waals surface area contributed by atoms with Crippen LogP contribution in [0.1, 0.15) is 30.4 Å². The van der Waals surface area contributed by atoms with Crippen molar-refractivity contribution in [2.24, 2.45) is 4.99 Å². The molecule has 8 heteroatoms. The number of likely N-dealkylation sites (tertiary alicyclic amines) is 1. The summed E-state index contributed by atoms with van der Waals surface area (Å²) in [6.07, 6.45) is 0.804. The molecular formula is C19H29F3N4S. The smallest absolute Gasteiger partial charge is 0.356 e. The molecule has 1 fully saturated rings. The van der Waals surface area contributed by atoms with Gasteiger partial charge in [0.15, 0.2) is 5.96 Å². The number of nitrogens with one attached hydrogen (secondary N) is 2. The molecule has 0 atom stereocenters. The first-order valence-electron chi connectivity index (χ1n) is 9.27. The third-order valence-electron chi connectivity index (χ3n) is 4.63. The van der Waals surface area contributed by atoms with Gasteiger partial charge in [-0.2, -0.15) is 24.9 Å². The van der Waals surface area contributed by atoms with Crippen LogP contribution in [0.3, 0.4) is 0 Å². The number of halogens is 3. The molecule has 1 aromatic rings. The molecule has 27 heavy (non-hydrogen) atoms. The zero-order valence-electron chi connectivity index (χ0n) is 16.0. The quantitative estimate of drug-likeness (QED) is 0.415. The van der Waals surface area contributed by atoms with E-state index in [4.69, 9.17) is 0 Å². The maximum Gasteiger partial charge on any atom is 0.416 e. The summed E-state index contributed by atoms with van der Waals surface area (Å²) in [6.45, 7) is 3.17. The fourth-order valence-corrected chi connectivity index (χ4v) is 3.58. The summed E-state index contributed by atoms with van der Waals surface area (Å²) in [4.78, 5) is 6.48. The minimum atomic E-state index is -4.29. The first-order valence-corrected chi connectivity index (χ1v) is 10.7. The van der Waals surface area contributed by atoms with E-state index in [1.54, 1.807) is 13.1 Å². The van der Waals surface area contributed by atoms with E-state index in [1.165, 1.54) is 12.1 Å². The van der Waals surface area contributed by atoms with E-state index in [1.807, 2.05) is 11.8 Å². The monoisotopic (exact) mass is 402 g/mol. The molecule has 0 bridgehead atoms. The summed E-state index contributed by atoms with van der Waals surface area (Å²) < 4.78 is 38.5. The molecule has 0 amide bonds. The van der Waals surface area contributed by atoms with Gasteiger partial charge in [0, 0.05) is 39.3 Å². The molecule has 0 aromatic heterocycles. The summed E-state index contributed by atoms with van der Waals surface area (Å²) in [6, 6.07) is 5.97. The van der Waals surface area contributed by atoms with Gasteiger partial charge in [-0.1, -0.05) is 18.2 Å². The maximum absolute atomic E-state index is 12.8. The van der Waals surface area contributed by atoms with Crippen molar-refractivity contribution in [3.63, 3.8) is 0 Å². The minimum absolute atomic E-state index is 0.342. The number of aliphatic imine (C=N–C) groups is 1. The third kappa shape index (κ3) is 7.62. The molecule has 2 N–H and O–H groups in total. The number of piperidine rings is 1. The van der Waals surface area contributed by atoms with E-state index in [-0.39, 0.29) is 0 Å². The Balaban J connectivity index is 1.77. The second-order valence-electron chi connectivity index (χ2n) is 6.74. The van der Waals surface area contributed by atoms with Gasteiger partial charge in [-0.05, 0) is 42.9 Å². The zero-order chi connectivity index (χ0) is 19.7. The molecule has 2 rings (SSSR count). The Morgan fingerprint density at radius 1 is 1.30 bits per heavy atom. The number of alkyl halides is 3. The molecule has 152 valence electrons. The van der Waals surface area contributed by atoms with Crippen LogP contribution in [0.2, 0.25) is 0 Å². The van der Waals surface area contributed by atoms with Gasteiger partial charge in [0.05, 0.1) is 5.56 Å². The van der Waals surface area contributed by atoms with E-state index in [0.29, 0.717) is 18.2 Å². The molecular weight excluding hydrogens is 373 g/mol. The van der Waals surface area contributed by atoms with E-state index >= 15 is 0 Å². The molecule has 1 aliphatic heterocycles. The van der Waals surface area contributed by atoms with Crippen molar-refractivity contribution < 1.29 is 13.2 Å². The van der Waals surface area contributed by atoms with Crippen molar-refractivity contribution in [3.05, 3.63) is 35.4 Å². The second kappa shape index (κ2) is 10.8. The van der Waals surface area contributed by atoms with Crippen LogP contribution in [-0.4, -0.2) is 55.6 Å². The van der Waals surface area contributed by atoms with Gasteiger partial charge in [0.2, 0.25) is 0 Å². The van der Waals surface area contributed by atoms with Gasteiger partial charge in [0.25, 0.3) is 0 Å². The topological polar surface area (TPSA) is 39.7 Å². The lowest BCUT2D eigenvalue weighted by Gasteiger charge is -2.33. The Kier molecular flexibility index (Phi) is 8.76. The van der Waals surface area contributed by atoms with Gasteiger partial charge in [0.1, 0.15) is 0 Å². The van der Waals surface area contributed by atoms with Gasteiger partial charge in [-0.15, -0.1) is 0 Å². The zero-order valence-corrected chi connectivity index (χ0v) is 16.8. The van der Waals surface area contributed by atoms with Crippen LogP contribution in [0, 0.1) is 0 Å². The first-order chi connectivity index (χ1) is 12.9. The molecule has 0 saturated carbocycles. The van der Waals surface area contributed by atoms with E-state index in [2.05, 4.69) is 26.8 Å². The Bertz CT molecular complexity index is 599. The lowest BCUT2D eigenvalue weighted by atomic mass is 10.0. The minimum Gasteiger partial charge on any atom is -0.356 e. The van der Waals surface area contributed by atoms with Crippen LogP contribution in [0.4, 0.5) is 13.2 Å². The van der Waals surface area contributed by atoms with Crippen LogP contribution in [-0.2, 0) is 12.7 Å². The van der Waals surface area contributed by atoms with Crippen molar-refractivity contribution in [1.29, 1.82) is 0 Å². The summed E-state index contributed by atoms with van der Waals surface area (Å²) in [5.74, 6) is 1.95. The highest BCUT2D eigenvalue weighted by atomic mass is 32.2. The largest absolute Gasteiger partial charge is 0.416 e. The van der Waals surface area contributed by atoms with Gasteiger partial charge < -0.3 is 10.6 Å². The molecule has 0 unspecified atom stereocenters. The highest BCUT2D eigenvalue weighted by Crippen LogP contribution is 2.30. The van der Waals surface area contributed by atoms with Gasteiger partial charge >= 0.3 is 6.18 Å². The predicted molar refractivity (Wildman–Crippen MR) is 107 cm³/mol. The summed E-state index contributed by atoms with van der Waals surface area (Å²) in [5.41, 5.74) is 0.135. The molecule has 0 spiro atoms. The SMILES string of the molecule is CN=C(NCCCSC)NC1CCN(Cc2cccc(C(F)(F)F)c2)CC1. The van der Waals surface area contributed by atoms with Crippen LogP contribution < -0.4 is 10.6 Å². The number of hydrogen-bond acceptors (Lipinski definition) is 3. The van der Waals surface area contributed by atoms with Gasteiger partial charge in [-0.3, -0.25) is 9.89 Å². The third-order valence-corrected chi connectivity index (χ3v) is 5.33. The molecule has 0 radical (unpaired) electrons. The average Bonchev–Trinajstić information content (AvgIpc) is 2.65. The van der Waals surface area contributed by atoms with Crippen LogP contribution >= 0.6 is 11.8 Å². The molecule has 0 aliphatic carbocycles. The molecule has 1 aromatic carbocycles. The molecule has 1 heterocycles. The van der Waals surface area contributed by atoms with Crippen LogP contribution in [0.25, 0.3) is 0 Å². The fraction of sp³-hybridized carbons (Fsp3) is 0.632. The van der Waals surface area contributed by atoms with Crippen molar-refractivity contribution in [1.82, 2.24) is 15.5 Å². The summed E-state index contributed by atoms with van der Waals surface area (Å²) >= 11 is 1.83. The van der Waals surface area contributed by atoms with E-state index in [9.17, 15) is 13.2 Å². The number of benzene rings is 1. The van der Waals surface area contributed by atoms with Crippen molar-refractivity contribution in [2.45, 2.75) is 38.0 Å².